The first kappa shape index (κ1) is 12.9. The highest BCUT2D eigenvalue weighted by molar-refractivity contribution is 5.30. The Kier molecular flexibility index (Phi) is 3.52. The highest BCUT2D eigenvalue weighted by Gasteiger charge is 2.22. The largest absolute Gasteiger partial charge is 0.497 e. The number of hydrogen-bond donors (Lipinski definition) is 1. The smallest absolute Gasteiger partial charge is 0.233 e. The van der Waals surface area contributed by atoms with E-state index in [0.717, 1.165) is 17.7 Å². The first-order valence-corrected chi connectivity index (χ1v) is 6.64. The molecule has 0 aliphatic heterocycles. The lowest BCUT2D eigenvalue weighted by molar-refractivity contribution is 0.360. The summed E-state index contributed by atoms with van der Waals surface area (Å²) in [5, 5.41) is 4.03. The Balaban J connectivity index is 1.72. The van der Waals surface area contributed by atoms with Crippen LogP contribution in [-0.4, -0.2) is 23.3 Å². The number of allylic oxidation sites excluding steroid dienone is 1. The van der Waals surface area contributed by atoms with E-state index in [1.165, 1.54) is 0 Å². The maximum atomic E-state index is 5.83. The molecule has 2 unspecified atom stereocenters. The van der Waals surface area contributed by atoms with Gasteiger partial charge in [0.15, 0.2) is 5.82 Å². The third kappa shape index (κ3) is 2.72. The zero-order valence-electron chi connectivity index (χ0n) is 11.3. The summed E-state index contributed by atoms with van der Waals surface area (Å²) in [4.78, 5) is 4.45. The van der Waals surface area contributed by atoms with Crippen LogP contribution in [0.3, 0.4) is 0 Å². The second-order valence-electron chi connectivity index (χ2n) is 4.97. The molecule has 0 bridgehead atoms. The molecule has 0 spiro atoms. The average molecular weight is 271 g/mol. The molecule has 0 saturated heterocycles. The van der Waals surface area contributed by atoms with E-state index in [0.29, 0.717) is 18.1 Å². The van der Waals surface area contributed by atoms with Crippen molar-refractivity contribution in [2.75, 3.05) is 7.11 Å². The van der Waals surface area contributed by atoms with Crippen molar-refractivity contribution in [1.29, 1.82) is 0 Å². The van der Waals surface area contributed by atoms with E-state index < -0.39 is 0 Å². The van der Waals surface area contributed by atoms with Crippen molar-refractivity contribution in [2.24, 2.45) is 5.73 Å². The van der Waals surface area contributed by atoms with Crippen molar-refractivity contribution >= 4 is 0 Å². The molecule has 1 aromatic heterocycles. The third-order valence-corrected chi connectivity index (χ3v) is 3.41. The van der Waals surface area contributed by atoms with Crippen LogP contribution >= 0.6 is 0 Å². The maximum Gasteiger partial charge on any atom is 0.233 e. The van der Waals surface area contributed by atoms with Crippen molar-refractivity contribution in [3.8, 4) is 5.75 Å². The lowest BCUT2D eigenvalue weighted by Gasteiger charge is -2.02. The summed E-state index contributed by atoms with van der Waals surface area (Å²) >= 11 is 0. The number of nitrogens with two attached hydrogens (primary N) is 1. The van der Waals surface area contributed by atoms with Crippen LogP contribution < -0.4 is 10.5 Å². The second-order valence-corrected chi connectivity index (χ2v) is 4.97. The number of methoxy groups -OCH3 is 1. The molecule has 0 saturated carbocycles. The van der Waals surface area contributed by atoms with Gasteiger partial charge in [-0.25, -0.2) is 0 Å². The van der Waals surface area contributed by atoms with E-state index in [1.54, 1.807) is 7.11 Å². The van der Waals surface area contributed by atoms with E-state index in [-0.39, 0.29) is 12.0 Å². The monoisotopic (exact) mass is 271 g/mol. The van der Waals surface area contributed by atoms with Crippen molar-refractivity contribution in [3.63, 3.8) is 0 Å². The van der Waals surface area contributed by atoms with Gasteiger partial charge in [-0.15, -0.1) is 0 Å². The Morgan fingerprint density at radius 3 is 3.05 bits per heavy atom. The molecule has 20 heavy (non-hydrogen) atoms. The summed E-state index contributed by atoms with van der Waals surface area (Å²) in [5.74, 6) is 2.31. The molecule has 3 rings (SSSR count). The summed E-state index contributed by atoms with van der Waals surface area (Å²) in [6.07, 6.45) is 5.48. The van der Waals surface area contributed by atoms with E-state index >= 15 is 0 Å². The Morgan fingerprint density at radius 1 is 1.40 bits per heavy atom. The number of aromatic nitrogens is 2. The Bertz CT molecular complexity index is 621. The molecule has 5 nitrogen and oxygen atoms in total. The van der Waals surface area contributed by atoms with Crippen LogP contribution in [0.15, 0.2) is 40.9 Å². The summed E-state index contributed by atoms with van der Waals surface area (Å²) in [6.45, 7) is 0. The fourth-order valence-electron chi connectivity index (χ4n) is 2.37. The quantitative estimate of drug-likeness (QED) is 0.861. The lowest BCUT2D eigenvalue weighted by atomic mass is 10.1. The summed E-state index contributed by atoms with van der Waals surface area (Å²) in [6, 6.07) is 7.95. The van der Waals surface area contributed by atoms with Gasteiger partial charge in [0, 0.05) is 12.5 Å². The summed E-state index contributed by atoms with van der Waals surface area (Å²) in [7, 11) is 1.65. The first-order chi connectivity index (χ1) is 9.74. The van der Waals surface area contributed by atoms with Gasteiger partial charge in [-0.2, -0.15) is 4.98 Å². The van der Waals surface area contributed by atoms with Gasteiger partial charge < -0.3 is 15.0 Å². The van der Waals surface area contributed by atoms with Crippen LogP contribution in [0.5, 0.6) is 5.75 Å². The Labute approximate surface area is 117 Å². The van der Waals surface area contributed by atoms with Gasteiger partial charge in [0.05, 0.1) is 13.0 Å². The van der Waals surface area contributed by atoms with Crippen LogP contribution in [0, 0.1) is 0 Å². The molecule has 0 amide bonds. The molecule has 2 N–H and O–H groups in total. The predicted molar refractivity (Wildman–Crippen MR) is 74.6 cm³/mol. The van der Waals surface area contributed by atoms with E-state index in [2.05, 4.69) is 10.1 Å². The van der Waals surface area contributed by atoms with E-state index in [4.69, 9.17) is 15.0 Å². The fraction of sp³-hybridized carbons (Fsp3) is 0.333. The number of rotatable bonds is 4. The number of benzene rings is 1. The van der Waals surface area contributed by atoms with Gasteiger partial charge in [0.1, 0.15) is 5.75 Å². The van der Waals surface area contributed by atoms with Gasteiger partial charge >= 0.3 is 0 Å². The number of ether oxygens (including phenoxy) is 1. The van der Waals surface area contributed by atoms with Gasteiger partial charge in [-0.1, -0.05) is 29.4 Å². The molecule has 2 atom stereocenters. The molecule has 2 aromatic rings. The molecule has 1 aliphatic rings. The van der Waals surface area contributed by atoms with Gasteiger partial charge in [0.2, 0.25) is 5.89 Å². The summed E-state index contributed by atoms with van der Waals surface area (Å²) < 4.78 is 10.5. The average Bonchev–Trinajstić information content (AvgIpc) is 3.08. The second kappa shape index (κ2) is 5.46. The molecule has 5 heteroatoms. The van der Waals surface area contributed by atoms with E-state index in [9.17, 15) is 0 Å². The van der Waals surface area contributed by atoms with Crippen molar-refractivity contribution in [3.05, 3.63) is 53.7 Å². The third-order valence-electron chi connectivity index (χ3n) is 3.41. The van der Waals surface area contributed by atoms with Crippen molar-refractivity contribution < 1.29 is 9.26 Å². The topological polar surface area (TPSA) is 74.2 Å². The van der Waals surface area contributed by atoms with Crippen LogP contribution in [0.1, 0.15) is 29.6 Å². The minimum Gasteiger partial charge on any atom is -0.497 e. The van der Waals surface area contributed by atoms with Crippen LogP contribution in [0.4, 0.5) is 0 Å². The molecular formula is C15H17N3O2. The highest BCUT2D eigenvalue weighted by atomic mass is 16.5. The molecule has 1 heterocycles. The molecule has 0 fully saturated rings. The predicted octanol–water partition coefficient (Wildman–Crippen LogP) is 2.04. The zero-order chi connectivity index (χ0) is 13.9. The minimum absolute atomic E-state index is 0.0914. The minimum atomic E-state index is 0.0914. The maximum absolute atomic E-state index is 5.83. The molecule has 104 valence electrons. The fourth-order valence-corrected chi connectivity index (χ4v) is 2.37. The van der Waals surface area contributed by atoms with Gasteiger partial charge in [-0.05, 0) is 24.1 Å². The molecular weight excluding hydrogens is 254 g/mol. The summed E-state index contributed by atoms with van der Waals surface area (Å²) in [5.41, 5.74) is 6.93. The molecule has 1 aliphatic carbocycles. The zero-order valence-corrected chi connectivity index (χ0v) is 11.3. The highest BCUT2D eigenvalue weighted by Crippen LogP contribution is 2.26. The standard InChI is InChI=1S/C15H17N3O2/c1-19-13-4-2-3-10(7-13)8-14-17-15(20-18-14)11-5-6-12(16)9-11/h2-7,11-12H,8-9,16H2,1H3. The first-order valence-electron chi connectivity index (χ1n) is 6.64. The lowest BCUT2D eigenvalue weighted by Crippen LogP contribution is -2.14. The van der Waals surface area contributed by atoms with Crippen LogP contribution in [0.25, 0.3) is 0 Å². The molecule has 0 radical (unpaired) electrons. The number of hydrogen-bond acceptors (Lipinski definition) is 5. The molecule has 1 aromatic carbocycles. The Hall–Kier alpha value is -2.14. The Morgan fingerprint density at radius 2 is 2.30 bits per heavy atom. The normalized spacial score (nSPS) is 21.3. The van der Waals surface area contributed by atoms with Gasteiger partial charge in [0.25, 0.3) is 0 Å². The SMILES string of the molecule is COc1cccc(Cc2noc(C3C=CC(N)C3)n2)c1. The number of nitrogens with zero attached hydrogens (tertiary/aromatic N) is 2. The van der Waals surface area contributed by atoms with E-state index in [1.807, 2.05) is 36.4 Å². The van der Waals surface area contributed by atoms with Crippen LogP contribution in [-0.2, 0) is 6.42 Å². The van der Waals surface area contributed by atoms with Crippen molar-refractivity contribution in [1.82, 2.24) is 10.1 Å². The van der Waals surface area contributed by atoms with Gasteiger partial charge in [-0.3, -0.25) is 0 Å². The van der Waals surface area contributed by atoms with Crippen LogP contribution in [0.2, 0.25) is 0 Å². The van der Waals surface area contributed by atoms with Crippen molar-refractivity contribution in [2.45, 2.75) is 24.8 Å².